The smallest absolute Gasteiger partial charge is 0.487 e. The molecular weight excluding hydrogens is 323 g/mol. The summed E-state index contributed by atoms with van der Waals surface area (Å²) in [5, 5.41) is 0.313. The quantitative estimate of drug-likeness (QED) is 0.592. The number of aryl methyl sites for hydroxylation is 2. The van der Waals surface area contributed by atoms with Gasteiger partial charge in [0.1, 0.15) is 23.9 Å². The van der Waals surface area contributed by atoms with Crippen LogP contribution in [0.15, 0.2) is 30.3 Å². The molecule has 0 aliphatic rings. The van der Waals surface area contributed by atoms with Crippen molar-refractivity contribution < 1.29 is 23.4 Å². The van der Waals surface area contributed by atoms with Crippen molar-refractivity contribution in [2.75, 3.05) is 7.11 Å². The predicted molar refractivity (Wildman–Crippen MR) is 84.7 cm³/mol. The summed E-state index contributed by atoms with van der Waals surface area (Å²) < 4.78 is 28.8. The summed E-state index contributed by atoms with van der Waals surface area (Å²) in [6.45, 7) is 3.54. The van der Waals surface area contributed by atoms with Crippen molar-refractivity contribution in [1.82, 2.24) is 0 Å². The van der Waals surface area contributed by atoms with Gasteiger partial charge >= 0.3 is 6.16 Å². The van der Waals surface area contributed by atoms with Gasteiger partial charge in [-0.05, 0) is 37.1 Å². The highest BCUT2D eigenvalue weighted by atomic mass is 35.5. The van der Waals surface area contributed by atoms with E-state index in [0.29, 0.717) is 21.9 Å². The second kappa shape index (κ2) is 7.33. The Balaban J connectivity index is 2.23. The van der Waals surface area contributed by atoms with Gasteiger partial charge in [-0.15, -0.1) is 0 Å². The summed E-state index contributed by atoms with van der Waals surface area (Å²) in [6, 6.07) is 7.95. The fourth-order valence-corrected chi connectivity index (χ4v) is 2.25. The lowest BCUT2D eigenvalue weighted by Crippen LogP contribution is -2.10. The molecular formula is C17H16ClFO4. The average Bonchev–Trinajstić information content (AvgIpc) is 2.51. The first kappa shape index (κ1) is 17.1. The summed E-state index contributed by atoms with van der Waals surface area (Å²) in [4.78, 5) is 11.3. The topological polar surface area (TPSA) is 44.8 Å². The number of rotatable bonds is 4. The van der Waals surface area contributed by atoms with Gasteiger partial charge in [-0.1, -0.05) is 23.7 Å². The van der Waals surface area contributed by atoms with E-state index in [1.807, 2.05) is 13.0 Å². The van der Waals surface area contributed by atoms with Crippen LogP contribution in [-0.4, -0.2) is 13.3 Å². The number of hydrogen-bond acceptors (Lipinski definition) is 4. The monoisotopic (exact) mass is 338 g/mol. The average molecular weight is 339 g/mol. The van der Waals surface area contributed by atoms with Crippen LogP contribution < -0.4 is 9.47 Å². The Kier molecular flexibility index (Phi) is 5.45. The SMILES string of the molecule is COC(=O)Oc1cccc(C)c1COc1cc(F)c(C)cc1Cl. The van der Waals surface area contributed by atoms with E-state index in [-0.39, 0.29) is 12.4 Å². The van der Waals surface area contributed by atoms with E-state index in [2.05, 4.69) is 4.74 Å². The molecule has 0 aliphatic heterocycles. The Morgan fingerprint density at radius 3 is 2.61 bits per heavy atom. The lowest BCUT2D eigenvalue weighted by Gasteiger charge is -2.14. The third-order valence-corrected chi connectivity index (χ3v) is 3.61. The first-order valence-corrected chi connectivity index (χ1v) is 7.23. The molecule has 0 aliphatic carbocycles. The normalized spacial score (nSPS) is 10.3. The fourth-order valence-electron chi connectivity index (χ4n) is 1.98. The number of methoxy groups -OCH3 is 1. The second-order valence-electron chi connectivity index (χ2n) is 4.93. The zero-order chi connectivity index (χ0) is 17.0. The summed E-state index contributed by atoms with van der Waals surface area (Å²) in [5.41, 5.74) is 1.94. The Hall–Kier alpha value is -2.27. The molecule has 2 aromatic rings. The molecule has 0 bridgehead atoms. The molecule has 0 radical (unpaired) electrons. The van der Waals surface area contributed by atoms with Crippen LogP contribution in [0.4, 0.5) is 9.18 Å². The van der Waals surface area contributed by atoms with Crippen LogP contribution >= 0.6 is 11.6 Å². The van der Waals surface area contributed by atoms with Crippen molar-refractivity contribution >= 4 is 17.8 Å². The van der Waals surface area contributed by atoms with E-state index >= 15 is 0 Å². The van der Waals surface area contributed by atoms with Gasteiger partial charge in [0.25, 0.3) is 0 Å². The minimum atomic E-state index is -0.823. The first-order valence-electron chi connectivity index (χ1n) is 6.85. The summed E-state index contributed by atoms with van der Waals surface area (Å²) in [7, 11) is 1.23. The van der Waals surface area contributed by atoms with Gasteiger partial charge in [0.2, 0.25) is 0 Å². The molecule has 4 nitrogen and oxygen atoms in total. The molecule has 0 saturated carbocycles. The van der Waals surface area contributed by atoms with E-state index in [9.17, 15) is 9.18 Å². The minimum absolute atomic E-state index is 0.0707. The molecule has 0 heterocycles. The van der Waals surface area contributed by atoms with Crippen molar-refractivity contribution in [1.29, 1.82) is 0 Å². The van der Waals surface area contributed by atoms with Crippen LogP contribution in [-0.2, 0) is 11.3 Å². The Morgan fingerprint density at radius 2 is 1.91 bits per heavy atom. The van der Waals surface area contributed by atoms with Crippen molar-refractivity contribution in [3.63, 3.8) is 0 Å². The fraction of sp³-hybridized carbons (Fsp3) is 0.235. The van der Waals surface area contributed by atoms with Gasteiger partial charge in [-0.2, -0.15) is 0 Å². The number of halogens is 2. The third kappa shape index (κ3) is 4.13. The van der Waals surface area contributed by atoms with Gasteiger partial charge in [0, 0.05) is 11.6 Å². The zero-order valence-electron chi connectivity index (χ0n) is 13.0. The largest absolute Gasteiger partial charge is 0.513 e. The Labute approximate surface area is 138 Å². The number of hydrogen-bond donors (Lipinski definition) is 0. The van der Waals surface area contributed by atoms with E-state index in [1.165, 1.54) is 19.2 Å². The molecule has 0 unspecified atom stereocenters. The molecule has 23 heavy (non-hydrogen) atoms. The van der Waals surface area contributed by atoms with E-state index < -0.39 is 12.0 Å². The zero-order valence-corrected chi connectivity index (χ0v) is 13.7. The highest BCUT2D eigenvalue weighted by molar-refractivity contribution is 6.32. The molecule has 0 atom stereocenters. The highest BCUT2D eigenvalue weighted by Crippen LogP contribution is 2.30. The van der Waals surface area contributed by atoms with Gasteiger partial charge < -0.3 is 14.2 Å². The molecule has 0 aromatic heterocycles. The van der Waals surface area contributed by atoms with E-state index in [1.54, 1.807) is 19.1 Å². The molecule has 122 valence electrons. The van der Waals surface area contributed by atoms with Gasteiger partial charge in [-0.3, -0.25) is 0 Å². The maximum Gasteiger partial charge on any atom is 0.513 e. The molecule has 0 fully saturated rings. The predicted octanol–water partition coefficient (Wildman–Crippen LogP) is 4.82. The Morgan fingerprint density at radius 1 is 1.17 bits per heavy atom. The molecule has 2 rings (SSSR count). The minimum Gasteiger partial charge on any atom is -0.487 e. The van der Waals surface area contributed by atoms with Crippen molar-refractivity contribution in [2.45, 2.75) is 20.5 Å². The number of carbonyl (C=O) groups excluding carboxylic acids is 1. The number of carbonyl (C=O) groups is 1. The Bertz CT molecular complexity index is 731. The van der Waals surface area contributed by atoms with E-state index in [0.717, 1.165) is 5.56 Å². The van der Waals surface area contributed by atoms with Crippen molar-refractivity contribution in [2.24, 2.45) is 0 Å². The highest BCUT2D eigenvalue weighted by Gasteiger charge is 2.14. The lowest BCUT2D eigenvalue weighted by molar-refractivity contribution is 0.120. The molecule has 0 spiro atoms. The summed E-state index contributed by atoms with van der Waals surface area (Å²) in [6.07, 6.45) is -0.823. The van der Waals surface area contributed by atoms with Gasteiger partial charge in [0.15, 0.2) is 0 Å². The van der Waals surface area contributed by atoms with Crippen molar-refractivity contribution in [3.05, 3.63) is 57.9 Å². The van der Waals surface area contributed by atoms with Crippen LogP contribution in [0.1, 0.15) is 16.7 Å². The van der Waals surface area contributed by atoms with Crippen LogP contribution in [0, 0.1) is 19.7 Å². The standard InChI is InChI=1S/C17H16ClFO4/c1-10-5-4-6-15(23-17(20)21-3)12(10)9-22-16-8-14(19)11(2)7-13(16)18/h4-8H,9H2,1-3H3. The van der Waals surface area contributed by atoms with Gasteiger partial charge in [-0.25, -0.2) is 9.18 Å². The van der Waals surface area contributed by atoms with Crippen LogP contribution in [0.25, 0.3) is 0 Å². The lowest BCUT2D eigenvalue weighted by atomic mass is 10.1. The van der Waals surface area contributed by atoms with E-state index in [4.69, 9.17) is 21.1 Å². The van der Waals surface area contributed by atoms with Crippen molar-refractivity contribution in [3.8, 4) is 11.5 Å². The third-order valence-electron chi connectivity index (χ3n) is 3.31. The van der Waals surface area contributed by atoms with Crippen LogP contribution in [0.5, 0.6) is 11.5 Å². The van der Waals surface area contributed by atoms with Gasteiger partial charge in [0.05, 0.1) is 12.1 Å². The molecule has 0 N–H and O–H groups in total. The molecule has 6 heteroatoms. The first-order chi connectivity index (χ1) is 10.9. The summed E-state index contributed by atoms with van der Waals surface area (Å²) in [5.74, 6) is 0.141. The maximum atomic E-state index is 13.6. The van der Waals surface area contributed by atoms with Crippen LogP contribution in [0.3, 0.4) is 0 Å². The molecule has 0 saturated heterocycles. The molecule has 0 amide bonds. The molecule has 2 aromatic carbocycles. The number of ether oxygens (including phenoxy) is 3. The summed E-state index contributed by atoms with van der Waals surface area (Å²) >= 11 is 6.06. The maximum absolute atomic E-state index is 13.6. The number of benzene rings is 2. The second-order valence-corrected chi connectivity index (χ2v) is 5.34. The van der Waals surface area contributed by atoms with Crippen LogP contribution in [0.2, 0.25) is 5.02 Å².